The molecule has 0 aromatic heterocycles. The van der Waals surface area contributed by atoms with Crippen LogP contribution in [0, 0.1) is 0 Å². The lowest BCUT2D eigenvalue weighted by Gasteiger charge is -2.19. The fourth-order valence-corrected chi connectivity index (χ4v) is 2.20. The van der Waals surface area contributed by atoms with Gasteiger partial charge in [-0.25, -0.2) is 0 Å². The summed E-state index contributed by atoms with van der Waals surface area (Å²) in [6, 6.07) is 7.38. The molecule has 1 aromatic rings. The van der Waals surface area contributed by atoms with Crippen LogP contribution in [0.4, 0.5) is 0 Å². The van der Waals surface area contributed by atoms with Crippen molar-refractivity contribution < 1.29 is 10.2 Å². The molecule has 1 unspecified atom stereocenters. The Balaban J connectivity index is 2.24. The van der Waals surface area contributed by atoms with Crippen LogP contribution in [0.15, 0.2) is 24.3 Å². The Bertz CT molecular complexity index is 360. The van der Waals surface area contributed by atoms with Crippen molar-refractivity contribution in [3.63, 3.8) is 0 Å². The van der Waals surface area contributed by atoms with Crippen molar-refractivity contribution in [1.29, 1.82) is 0 Å². The summed E-state index contributed by atoms with van der Waals surface area (Å²) in [6.07, 6.45) is 3.26. The van der Waals surface area contributed by atoms with Crippen molar-refractivity contribution in [3.05, 3.63) is 34.9 Å². The maximum atomic E-state index is 10.1. The molecule has 0 fully saturated rings. The molecule has 108 valence electrons. The third-order valence-corrected chi connectivity index (χ3v) is 3.45. The second-order valence-electron chi connectivity index (χ2n) is 4.95. The third-order valence-electron chi connectivity index (χ3n) is 3.22. The van der Waals surface area contributed by atoms with E-state index in [0.29, 0.717) is 11.4 Å². The van der Waals surface area contributed by atoms with Gasteiger partial charge in [-0.2, -0.15) is 0 Å². The van der Waals surface area contributed by atoms with Crippen molar-refractivity contribution in [1.82, 2.24) is 4.90 Å². The summed E-state index contributed by atoms with van der Waals surface area (Å²) in [6.45, 7) is 2.13. The highest BCUT2D eigenvalue weighted by molar-refractivity contribution is 6.30. The number of aliphatic hydroxyl groups is 2. The summed E-state index contributed by atoms with van der Waals surface area (Å²) < 4.78 is 0. The SMILES string of the molecule is CN(CCCCCO)CCC(O)c1cccc(Cl)c1. The molecule has 4 heteroatoms. The number of hydrogen-bond donors (Lipinski definition) is 2. The van der Waals surface area contributed by atoms with E-state index in [1.807, 2.05) is 24.3 Å². The van der Waals surface area contributed by atoms with Crippen LogP contribution in [0.1, 0.15) is 37.4 Å². The van der Waals surface area contributed by atoms with Crippen LogP contribution in [0.25, 0.3) is 0 Å². The number of hydrogen-bond acceptors (Lipinski definition) is 3. The molecular weight excluding hydrogens is 262 g/mol. The monoisotopic (exact) mass is 285 g/mol. The van der Waals surface area contributed by atoms with Crippen LogP contribution in [0.5, 0.6) is 0 Å². The van der Waals surface area contributed by atoms with Crippen LogP contribution in [0.2, 0.25) is 5.02 Å². The van der Waals surface area contributed by atoms with E-state index in [1.165, 1.54) is 0 Å². The van der Waals surface area contributed by atoms with Gasteiger partial charge in [0.1, 0.15) is 0 Å². The van der Waals surface area contributed by atoms with E-state index in [9.17, 15) is 5.11 Å². The molecule has 0 amide bonds. The topological polar surface area (TPSA) is 43.7 Å². The fourth-order valence-electron chi connectivity index (χ4n) is 2.01. The molecule has 2 N–H and O–H groups in total. The van der Waals surface area contributed by atoms with Gasteiger partial charge in [0.15, 0.2) is 0 Å². The van der Waals surface area contributed by atoms with Crippen molar-refractivity contribution >= 4 is 11.6 Å². The third kappa shape index (κ3) is 6.92. The highest BCUT2D eigenvalue weighted by Crippen LogP contribution is 2.20. The van der Waals surface area contributed by atoms with Gasteiger partial charge in [-0.15, -0.1) is 0 Å². The lowest BCUT2D eigenvalue weighted by Crippen LogP contribution is -2.22. The Morgan fingerprint density at radius 2 is 2.00 bits per heavy atom. The number of benzene rings is 1. The largest absolute Gasteiger partial charge is 0.396 e. The molecule has 0 spiro atoms. The molecular formula is C15H24ClNO2. The van der Waals surface area contributed by atoms with E-state index in [2.05, 4.69) is 11.9 Å². The molecule has 1 aromatic carbocycles. The highest BCUT2D eigenvalue weighted by Gasteiger charge is 2.09. The molecule has 19 heavy (non-hydrogen) atoms. The van der Waals surface area contributed by atoms with Crippen LogP contribution in [0.3, 0.4) is 0 Å². The minimum Gasteiger partial charge on any atom is -0.396 e. The summed E-state index contributed by atoms with van der Waals surface area (Å²) in [4.78, 5) is 2.21. The van der Waals surface area contributed by atoms with Gasteiger partial charge in [-0.05, 0) is 57.0 Å². The van der Waals surface area contributed by atoms with Crippen LogP contribution < -0.4 is 0 Å². The summed E-state index contributed by atoms with van der Waals surface area (Å²) in [5.41, 5.74) is 0.876. The average molecular weight is 286 g/mol. The predicted molar refractivity (Wildman–Crippen MR) is 79.5 cm³/mol. The van der Waals surface area contributed by atoms with E-state index in [0.717, 1.165) is 37.9 Å². The second kappa shape index (κ2) is 9.32. The van der Waals surface area contributed by atoms with Gasteiger partial charge in [0, 0.05) is 18.2 Å². The molecule has 0 saturated carbocycles. The molecule has 0 aliphatic rings. The van der Waals surface area contributed by atoms with Crippen LogP contribution in [-0.2, 0) is 0 Å². The Hall–Kier alpha value is -0.610. The summed E-state index contributed by atoms with van der Waals surface area (Å²) in [7, 11) is 2.06. The zero-order chi connectivity index (χ0) is 14.1. The van der Waals surface area contributed by atoms with Crippen LogP contribution in [-0.4, -0.2) is 41.9 Å². The Morgan fingerprint density at radius 1 is 1.21 bits per heavy atom. The zero-order valence-electron chi connectivity index (χ0n) is 11.6. The van der Waals surface area contributed by atoms with E-state index in [4.69, 9.17) is 16.7 Å². The number of aliphatic hydroxyl groups excluding tert-OH is 2. The molecule has 0 bridgehead atoms. The van der Waals surface area contributed by atoms with E-state index < -0.39 is 6.10 Å². The smallest absolute Gasteiger partial charge is 0.0802 e. The predicted octanol–water partition coefficient (Wildman–Crippen LogP) is 2.86. The molecule has 3 nitrogen and oxygen atoms in total. The quantitative estimate of drug-likeness (QED) is 0.686. The van der Waals surface area contributed by atoms with E-state index in [-0.39, 0.29) is 6.61 Å². The number of unbranched alkanes of at least 4 members (excludes halogenated alkanes) is 2. The molecule has 0 aliphatic carbocycles. The van der Waals surface area contributed by atoms with Gasteiger partial charge in [-0.1, -0.05) is 23.7 Å². The van der Waals surface area contributed by atoms with Crippen molar-refractivity contribution in [2.75, 3.05) is 26.7 Å². The molecule has 0 aliphatic heterocycles. The van der Waals surface area contributed by atoms with Gasteiger partial charge in [-0.3, -0.25) is 0 Å². The Morgan fingerprint density at radius 3 is 2.68 bits per heavy atom. The molecule has 1 rings (SSSR count). The van der Waals surface area contributed by atoms with Gasteiger partial charge in [0.25, 0.3) is 0 Å². The lowest BCUT2D eigenvalue weighted by atomic mass is 10.1. The first-order valence-corrected chi connectivity index (χ1v) is 7.24. The summed E-state index contributed by atoms with van der Waals surface area (Å²) in [5, 5.41) is 19.4. The first-order valence-electron chi connectivity index (χ1n) is 6.86. The summed E-state index contributed by atoms with van der Waals surface area (Å²) in [5.74, 6) is 0. The van der Waals surface area contributed by atoms with Crippen molar-refractivity contribution in [3.8, 4) is 0 Å². The first-order chi connectivity index (χ1) is 9.13. The fraction of sp³-hybridized carbons (Fsp3) is 0.600. The first kappa shape index (κ1) is 16.4. The number of rotatable bonds is 9. The standard InChI is InChI=1S/C15H24ClNO2/c1-17(9-3-2-4-11-18)10-8-15(19)13-6-5-7-14(16)12-13/h5-7,12,15,18-19H,2-4,8-11H2,1H3. The number of halogens is 1. The minimum atomic E-state index is -0.460. The maximum Gasteiger partial charge on any atom is 0.0802 e. The Labute approximate surface area is 120 Å². The van der Waals surface area contributed by atoms with Gasteiger partial charge in [0.2, 0.25) is 0 Å². The van der Waals surface area contributed by atoms with Gasteiger partial charge >= 0.3 is 0 Å². The van der Waals surface area contributed by atoms with Crippen LogP contribution >= 0.6 is 11.6 Å². The van der Waals surface area contributed by atoms with Crippen molar-refractivity contribution in [2.45, 2.75) is 31.8 Å². The van der Waals surface area contributed by atoms with Crippen molar-refractivity contribution in [2.24, 2.45) is 0 Å². The van der Waals surface area contributed by atoms with Gasteiger partial charge in [0.05, 0.1) is 6.10 Å². The molecule has 0 saturated heterocycles. The molecule has 1 atom stereocenters. The van der Waals surface area contributed by atoms with E-state index >= 15 is 0 Å². The summed E-state index contributed by atoms with van der Waals surface area (Å²) >= 11 is 5.91. The second-order valence-corrected chi connectivity index (χ2v) is 5.38. The molecule has 0 radical (unpaired) electrons. The maximum absolute atomic E-state index is 10.1. The van der Waals surface area contributed by atoms with Gasteiger partial charge < -0.3 is 15.1 Å². The molecule has 0 heterocycles. The minimum absolute atomic E-state index is 0.275. The number of nitrogens with zero attached hydrogens (tertiary/aromatic N) is 1. The lowest BCUT2D eigenvalue weighted by molar-refractivity contribution is 0.148. The Kier molecular flexibility index (Phi) is 8.07. The highest BCUT2D eigenvalue weighted by atomic mass is 35.5. The normalized spacial score (nSPS) is 12.9. The van der Waals surface area contributed by atoms with E-state index in [1.54, 1.807) is 0 Å². The zero-order valence-corrected chi connectivity index (χ0v) is 12.3. The average Bonchev–Trinajstić information content (AvgIpc) is 2.41.